The van der Waals surface area contributed by atoms with Crippen LogP contribution in [0.15, 0.2) is 11.3 Å². The highest BCUT2D eigenvalue weighted by atomic mass is 16.3. The number of aliphatic hydroxyl groups is 1. The van der Waals surface area contributed by atoms with Crippen LogP contribution in [0.3, 0.4) is 0 Å². The first-order valence-corrected chi connectivity index (χ1v) is 3.63. The largest absolute Gasteiger partial charge is 0.395 e. The summed E-state index contributed by atoms with van der Waals surface area (Å²) in [6.07, 6.45) is 2.53. The van der Waals surface area contributed by atoms with Crippen molar-refractivity contribution in [3.05, 3.63) is 6.33 Å². The maximum Gasteiger partial charge on any atom is 0.195 e. The fourth-order valence-electron chi connectivity index (χ4n) is 0.857. The van der Waals surface area contributed by atoms with Gasteiger partial charge in [-0.25, -0.2) is 9.98 Å². The fraction of sp³-hybridized carbons (Fsp3) is 0.286. The summed E-state index contributed by atoms with van der Waals surface area (Å²) in [4.78, 5) is 7.55. The highest BCUT2D eigenvalue weighted by molar-refractivity contribution is 5.78. The van der Waals surface area contributed by atoms with Gasteiger partial charge in [-0.2, -0.15) is 5.26 Å². The van der Waals surface area contributed by atoms with Crippen LogP contribution in [0.2, 0.25) is 0 Å². The van der Waals surface area contributed by atoms with E-state index in [0.717, 1.165) is 6.21 Å². The number of aliphatic hydroxyl groups excluding tert-OH is 1. The Hall–Kier alpha value is -1.87. The van der Waals surface area contributed by atoms with E-state index in [0.29, 0.717) is 18.2 Å². The van der Waals surface area contributed by atoms with Crippen molar-refractivity contribution < 1.29 is 5.11 Å². The molecule has 0 aromatic carbocycles. The molecule has 3 N–H and O–H groups in total. The number of nitrogen functional groups attached to an aromatic ring is 1. The second kappa shape index (κ2) is 4.23. The smallest absolute Gasteiger partial charge is 0.195 e. The van der Waals surface area contributed by atoms with Gasteiger partial charge >= 0.3 is 0 Å². The van der Waals surface area contributed by atoms with Crippen molar-refractivity contribution >= 4 is 17.9 Å². The van der Waals surface area contributed by atoms with Crippen LogP contribution >= 0.6 is 0 Å². The molecule has 6 nitrogen and oxygen atoms in total. The van der Waals surface area contributed by atoms with Crippen molar-refractivity contribution in [1.29, 1.82) is 5.26 Å². The van der Waals surface area contributed by atoms with Crippen LogP contribution in [-0.4, -0.2) is 27.5 Å². The molecule has 0 aliphatic heterocycles. The molecular weight excluding hydrogens is 170 g/mol. The zero-order chi connectivity index (χ0) is 9.68. The lowest BCUT2D eigenvalue weighted by molar-refractivity contribution is 0.277. The maximum absolute atomic E-state index is 8.63. The summed E-state index contributed by atoms with van der Waals surface area (Å²) in [5, 5.41) is 16.8. The van der Waals surface area contributed by atoms with Crippen molar-refractivity contribution in [1.82, 2.24) is 9.55 Å². The molecule has 0 spiro atoms. The molecular formula is C7H9N5O. The van der Waals surface area contributed by atoms with E-state index in [2.05, 4.69) is 9.98 Å². The van der Waals surface area contributed by atoms with Crippen LogP contribution in [0.1, 0.15) is 0 Å². The number of nitrogens with zero attached hydrogens (tertiary/aromatic N) is 4. The van der Waals surface area contributed by atoms with Gasteiger partial charge in [-0.15, -0.1) is 0 Å². The lowest BCUT2D eigenvalue weighted by Gasteiger charge is -1.99. The van der Waals surface area contributed by atoms with Gasteiger partial charge < -0.3 is 15.4 Å². The van der Waals surface area contributed by atoms with Crippen LogP contribution in [0.4, 0.5) is 11.6 Å². The predicted octanol–water partition coefficient (Wildman–Crippen LogP) is -0.317. The number of nitrogens with two attached hydrogens (primary N) is 1. The third kappa shape index (κ3) is 2.04. The number of anilines is 1. The molecule has 0 saturated heterocycles. The van der Waals surface area contributed by atoms with E-state index >= 15 is 0 Å². The Morgan fingerprint density at radius 1 is 1.85 bits per heavy atom. The molecule has 0 saturated carbocycles. The minimum atomic E-state index is -0.0119. The summed E-state index contributed by atoms with van der Waals surface area (Å²) in [7, 11) is 0. The number of hydrogen-bond acceptors (Lipinski definition) is 5. The van der Waals surface area contributed by atoms with Crippen LogP contribution in [-0.2, 0) is 6.54 Å². The highest BCUT2D eigenvalue weighted by Gasteiger charge is 2.04. The first kappa shape index (κ1) is 9.22. The van der Waals surface area contributed by atoms with Crippen LogP contribution in [0.25, 0.3) is 0 Å². The first-order chi connectivity index (χ1) is 6.29. The number of nitriles is 1. The Kier molecular flexibility index (Phi) is 3.00. The molecule has 0 unspecified atom stereocenters. The zero-order valence-electron chi connectivity index (χ0n) is 6.88. The maximum atomic E-state index is 8.63. The Bertz CT molecular complexity index is 348. The molecule has 0 atom stereocenters. The van der Waals surface area contributed by atoms with Crippen molar-refractivity contribution in [2.45, 2.75) is 6.54 Å². The fourth-order valence-corrected chi connectivity index (χ4v) is 0.857. The average molecular weight is 179 g/mol. The van der Waals surface area contributed by atoms with E-state index in [1.165, 1.54) is 6.33 Å². The molecule has 0 fully saturated rings. The third-order valence-electron chi connectivity index (χ3n) is 1.44. The van der Waals surface area contributed by atoms with Crippen molar-refractivity contribution in [2.24, 2.45) is 4.99 Å². The average Bonchev–Trinajstić information content (AvgIpc) is 2.46. The normalized spacial score (nSPS) is 10.5. The molecule has 13 heavy (non-hydrogen) atoms. The minimum absolute atomic E-state index is 0.0119. The van der Waals surface area contributed by atoms with Crippen LogP contribution < -0.4 is 5.73 Å². The van der Waals surface area contributed by atoms with Gasteiger partial charge in [-0.05, 0) is 0 Å². The van der Waals surface area contributed by atoms with Gasteiger partial charge in [0, 0.05) is 6.54 Å². The quantitative estimate of drug-likeness (QED) is 0.621. The Labute approximate surface area is 75.0 Å². The summed E-state index contributed by atoms with van der Waals surface area (Å²) < 4.78 is 1.56. The molecule has 1 heterocycles. The molecule has 0 aliphatic carbocycles. The van der Waals surface area contributed by atoms with Gasteiger partial charge in [-0.1, -0.05) is 0 Å². The third-order valence-corrected chi connectivity index (χ3v) is 1.44. The standard InChI is InChI=1S/C7H9N5O/c8-1-2-10-7-6(9)12(3-4-13)5-11-7/h2,5,13H,3-4,9H2/b10-2+. The van der Waals surface area contributed by atoms with E-state index in [9.17, 15) is 0 Å². The van der Waals surface area contributed by atoms with Gasteiger partial charge in [0.05, 0.1) is 12.9 Å². The van der Waals surface area contributed by atoms with Crippen LogP contribution in [0, 0.1) is 11.3 Å². The number of aromatic nitrogens is 2. The summed E-state index contributed by atoms with van der Waals surface area (Å²) >= 11 is 0. The van der Waals surface area contributed by atoms with E-state index < -0.39 is 0 Å². The molecule has 1 aromatic heterocycles. The molecule has 1 aromatic rings. The second-order valence-corrected chi connectivity index (χ2v) is 2.26. The molecule has 6 heteroatoms. The molecule has 0 bridgehead atoms. The second-order valence-electron chi connectivity index (χ2n) is 2.26. The van der Waals surface area contributed by atoms with Crippen molar-refractivity contribution in [3.8, 4) is 6.07 Å². The monoisotopic (exact) mass is 179 g/mol. The van der Waals surface area contributed by atoms with Gasteiger partial charge in [-0.3, -0.25) is 0 Å². The topological polar surface area (TPSA) is 100 Å². The molecule has 1 rings (SSSR count). The Balaban J connectivity index is 2.87. The van der Waals surface area contributed by atoms with Crippen molar-refractivity contribution in [2.75, 3.05) is 12.3 Å². The predicted molar refractivity (Wildman–Crippen MR) is 47.5 cm³/mol. The SMILES string of the molecule is N#C/C=N/c1ncn(CCO)c1N. The van der Waals surface area contributed by atoms with E-state index in [1.54, 1.807) is 10.6 Å². The van der Waals surface area contributed by atoms with Crippen molar-refractivity contribution in [3.63, 3.8) is 0 Å². The summed E-state index contributed by atoms with van der Waals surface area (Å²) in [6.45, 7) is 0.364. The number of aliphatic imine (C=N–C) groups is 1. The minimum Gasteiger partial charge on any atom is -0.395 e. The van der Waals surface area contributed by atoms with E-state index in [1.807, 2.05) is 0 Å². The van der Waals surface area contributed by atoms with Gasteiger partial charge in [0.2, 0.25) is 0 Å². The summed E-state index contributed by atoms with van der Waals surface area (Å²) in [5.41, 5.74) is 5.60. The van der Waals surface area contributed by atoms with Gasteiger partial charge in [0.1, 0.15) is 12.3 Å². The van der Waals surface area contributed by atoms with Gasteiger partial charge in [0.15, 0.2) is 11.6 Å². The summed E-state index contributed by atoms with van der Waals surface area (Å²) in [6, 6.07) is 1.74. The highest BCUT2D eigenvalue weighted by Crippen LogP contribution is 2.18. The molecule has 0 amide bonds. The number of imidazole rings is 1. The zero-order valence-corrected chi connectivity index (χ0v) is 6.88. The number of hydrogen-bond donors (Lipinski definition) is 2. The first-order valence-electron chi connectivity index (χ1n) is 3.63. The van der Waals surface area contributed by atoms with Crippen LogP contribution in [0.5, 0.6) is 0 Å². The number of rotatable bonds is 3. The molecule has 0 radical (unpaired) electrons. The lowest BCUT2D eigenvalue weighted by Crippen LogP contribution is -2.04. The molecule has 0 aliphatic rings. The van der Waals surface area contributed by atoms with Gasteiger partial charge in [0.25, 0.3) is 0 Å². The Morgan fingerprint density at radius 3 is 3.23 bits per heavy atom. The van der Waals surface area contributed by atoms with E-state index in [4.69, 9.17) is 16.1 Å². The van der Waals surface area contributed by atoms with E-state index in [-0.39, 0.29) is 6.61 Å². The Morgan fingerprint density at radius 2 is 2.62 bits per heavy atom. The summed E-state index contributed by atoms with van der Waals surface area (Å²) in [5.74, 6) is 0.649. The molecule has 68 valence electrons. The lowest BCUT2D eigenvalue weighted by atomic mass is 10.6.